The predicted octanol–water partition coefficient (Wildman–Crippen LogP) is 2.26. The number of nitrogens with one attached hydrogen (secondary N) is 1. The molecule has 0 bridgehead atoms. The smallest absolute Gasteiger partial charge is 0.340 e. The normalized spacial score (nSPS) is 22.5. The van der Waals surface area contributed by atoms with Crippen LogP contribution in [0, 0.1) is 6.92 Å². The summed E-state index contributed by atoms with van der Waals surface area (Å²) in [5.41, 5.74) is 2.44. The number of carbonyl (C=O) groups is 1. The molecule has 1 fully saturated rings. The molecule has 1 aliphatic heterocycles. The number of hydrogen-bond acceptors (Lipinski definition) is 5. The van der Waals surface area contributed by atoms with E-state index in [1.807, 2.05) is 45.2 Å². The lowest BCUT2D eigenvalue weighted by molar-refractivity contribution is -0.207. The highest BCUT2D eigenvalue weighted by Crippen LogP contribution is 2.32. The zero-order valence-electron chi connectivity index (χ0n) is 14.5. The molecule has 1 saturated heterocycles. The summed E-state index contributed by atoms with van der Waals surface area (Å²) < 4.78 is 18.8. The Morgan fingerprint density at radius 1 is 1.33 bits per heavy atom. The Balaban J connectivity index is 2.00. The summed E-state index contributed by atoms with van der Waals surface area (Å²) in [6, 6.07) is 7.98. The number of fused-ring (bicyclic) bond motifs is 1. The molecule has 1 N–H and O–H groups in total. The van der Waals surface area contributed by atoms with Gasteiger partial charge in [0.15, 0.2) is 6.29 Å². The minimum atomic E-state index is -0.352. The SMILES string of the molecule is CNC1COC([C@@H](C)n2c(C)c(C(=O)OC)c3ccccc32)OC1. The first kappa shape index (κ1) is 17.0. The number of benzene rings is 1. The molecule has 1 aromatic heterocycles. The summed E-state index contributed by atoms with van der Waals surface area (Å²) in [5, 5.41) is 4.04. The van der Waals surface area contributed by atoms with E-state index in [1.165, 1.54) is 7.11 Å². The fraction of sp³-hybridized carbons (Fsp3) is 0.500. The van der Waals surface area contributed by atoms with Crippen LogP contribution in [0.4, 0.5) is 0 Å². The fourth-order valence-electron chi connectivity index (χ4n) is 3.36. The van der Waals surface area contributed by atoms with Crippen LogP contribution in [0.5, 0.6) is 0 Å². The van der Waals surface area contributed by atoms with Gasteiger partial charge in [-0.05, 0) is 27.0 Å². The van der Waals surface area contributed by atoms with Gasteiger partial charge in [0.1, 0.15) is 0 Å². The third-order valence-electron chi connectivity index (χ3n) is 4.68. The minimum absolute atomic E-state index is 0.0638. The van der Waals surface area contributed by atoms with Gasteiger partial charge in [-0.3, -0.25) is 0 Å². The number of aromatic nitrogens is 1. The molecule has 2 aromatic rings. The van der Waals surface area contributed by atoms with Crippen molar-refractivity contribution in [2.75, 3.05) is 27.4 Å². The summed E-state index contributed by atoms with van der Waals surface area (Å²) in [7, 11) is 3.30. The Labute approximate surface area is 141 Å². The highest BCUT2D eigenvalue weighted by atomic mass is 16.7. The van der Waals surface area contributed by atoms with Crippen molar-refractivity contribution < 1.29 is 19.0 Å². The minimum Gasteiger partial charge on any atom is -0.465 e. The number of hydrogen-bond donors (Lipinski definition) is 1. The van der Waals surface area contributed by atoms with Crippen molar-refractivity contribution in [2.45, 2.75) is 32.2 Å². The monoisotopic (exact) mass is 332 g/mol. The van der Waals surface area contributed by atoms with Crippen LogP contribution in [0.25, 0.3) is 10.9 Å². The summed E-state index contributed by atoms with van der Waals surface area (Å²) in [5.74, 6) is -0.324. The first-order chi connectivity index (χ1) is 11.6. The summed E-state index contributed by atoms with van der Waals surface area (Å²) in [6.45, 7) is 5.19. The molecule has 1 aromatic carbocycles. The highest BCUT2D eigenvalue weighted by molar-refractivity contribution is 6.05. The van der Waals surface area contributed by atoms with Gasteiger partial charge in [-0.25, -0.2) is 4.79 Å². The van der Waals surface area contributed by atoms with Crippen LogP contribution in [-0.2, 0) is 14.2 Å². The predicted molar refractivity (Wildman–Crippen MR) is 91.3 cm³/mol. The van der Waals surface area contributed by atoms with Gasteiger partial charge in [0.05, 0.1) is 38.0 Å². The van der Waals surface area contributed by atoms with Gasteiger partial charge in [-0.1, -0.05) is 18.2 Å². The molecular weight excluding hydrogens is 308 g/mol. The van der Waals surface area contributed by atoms with E-state index in [4.69, 9.17) is 14.2 Å². The number of carbonyl (C=O) groups excluding carboxylic acids is 1. The lowest BCUT2D eigenvalue weighted by Gasteiger charge is -2.34. The van der Waals surface area contributed by atoms with Crippen LogP contribution in [0.1, 0.15) is 29.0 Å². The van der Waals surface area contributed by atoms with Gasteiger partial charge in [0, 0.05) is 16.6 Å². The quantitative estimate of drug-likeness (QED) is 0.870. The third-order valence-corrected chi connectivity index (χ3v) is 4.68. The van der Waals surface area contributed by atoms with Gasteiger partial charge < -0.3 is 24.1 Å². The van der Waals surface area contributed by atoms with Gasteiger partial charge >= 0.3 is 5.97 Å². The van der Waals surface area contributed by atoms with Crippen LogP contribution in [0.2, 0.25) is 0 Å². The van der Waals surface area contributed by atoms with E-state index >= 15 is 0 Å². The molecule has 0 spiro atoms. The van der Waals surface area contributed by atoms with Crippen molar-refractivity contribution >= 4 is 16.9 Å². The molecule has 2 heterocycles. The maximum Gasteiger partial charge on any atom is 0.340 e. The molecule has 6 heteroatoms. The summed E-state index contributed by atoms with van der Waals surface area (Å²) in [4.78, 5) is 12.2. The molecular formula is C18H24N2O4. The molecule has 3 rings (SSSR count). The molecule has 0 unspecified atom stereocenters. The van der Waals surface area contributed by atoms with Crippen molar-refractivity contribution in [1.82, 2.24) is 9.88 Å². The third kappa shape index (κ3) is 2.81. The lowest BCUT2D eigenvalue weighted by atomic mass is 10.1. The topological polar surface area (TPSA) is 61.7 Å². The Hall–Kier alpha value is -1.89. The van der Waals surface area contributed by atoms with Crippen LogP contribution in [0.3, 0.4) is 0 Å². The second-order valence-electron chi connectivity index (χ2n) is 6.10. The Kier molecular flexibility index (Phi) is 4.89. The first-order valence-corrected chi connectivity index (χ1v) is 8.16. The van der Waals surface area contributed by atoms with E-state index in [1.54, 1.807) is 0 Å². The molecule has 24 heavy (non-hydrogen) atoms. The number of ether oxygens (including phenoxy) is 3. The first-order valence-electron chi connectivity index (χ1n) is 8.16. The van der Waals surface area contributed by atoms with Gasteiger partial charge in [0.25, 0.3) is 0 Å². The maximum atomic E-state index is 12.2. The second kappa shape index (κ2) is 6.93. The number of esters is 1. The molecule has 130 valence electrons. The lowest BCUT2D eigenvalue weighted by Crippen LogP contribution is -2.45. The van der Waals surface area contributed by atoms with Crippen LogP contribution in [0.15, 0.2) is 24.3 Å². The number of nitrogens with zero attached hydrogens (tertiary/aromatic N) is 1. The van der Waals surface area contributed by atoms with Crippen LogP contribution >= 0.6 is 0 Å². The van der Waals surface area contributed by atoms with E-state index in [-0.39, 0.29) is 24.3 Å². The van der Waals surface area contributed by atoms with Crippen LogP contribution < -0.4 is 5.32 Å². The number of para-hydroxylation sites is 1. The highest BCUT2D eigenvalue weighted by Gasteiger charge is 2.30. The van der Waals surface area contributed by atoms with Crippen molar-refractivity contribution in [1.29, 1.82) is 0 Å². The zero-order valence-corrected chi connectivity index (χ0v) is 14.5. The average molecular weight is 332 g/mol. The average Bonchev–Trinajstić information content (AvgIpc) is 2.92. The maximum absolute atomic E-state index is 12.2. The van der Waals surface area contributed by atoms with Gasteiger partial charge in [-0.2, -0.15) is 0 Å². The van der Waals surface area contributed by atoms with E-state index < -0.39 is 0 Å². The van der Waals surface area contributed by atoms with E-state index in [0.717, 1.165) is 16.6 Å². The molecule has 0 radical (unpaired) electrons. The molecule has 6 nitrogen and oxygen atoms in total. The Bertz CT molecular complexity index is 732. The molecule has 1 aliphatic rings. The van der Waals surface area contributed by atoms with E-state index in [0.29, 0.717) is 18.8 Å². The summed E-state index contributed by atoms with van der Waals surface area (Å²) in [6.07, 6.45) is -0.352. The second-order valence-corrected chi connectivity index (χ2v) is 6.10. The number of likely N-dealkylation sites (N-methyl/N-ethyl adjacent to an activating group) is 1. The van der Waals surface area contributed by atoms with Crippen molar-refractivity contribution in [2.24, 2.45) is 0 Å². The standard InChI is InChI=1S/C18H24N2O4/c1-11-16(17(21)22-4)14-7-5-6-8-15(14)20(11)12(2)18-23-9-13(19-3)10-24-18/h5-8,12-13,18-19H,9-10H2,1-4H3/t12-,13?,18?/m1/s1. The molecule has 1 atom stereocenters. The Morgan fingerprint density at radius 2 is 2.00 bits per heavy atom. The summed E-state index contributed by atoms with van der Waals surface area (Å²) >= 11 is 0. The largest absolute Gasteiger partial charge is 0.465 e. The Morgan fingerprint density at radius 3 is 2.62 bits per heavy atom. The van der Waals surface area contributed by atoms with Crippen molar-refractivity contribution in [3.8, 4) is 0 Å². The van der Waals surface area contributed by atoms with Crippen LogP contribution in [-0.4, -0.2) is 50.2 Å². The van der Waals surface area contributed by atoms with E-state index in [9.17, 15) is 4.79 Å². The van der Waals surface area contributed by atoms with Crippen molar-refractivity contribution in [3.05, 3.63) is 35.5 Å². The van der Waals surface area contributed by atoms with Gasteiger partial charge in [0.2, 0.25) is 0 Å². The van der Waals surface area contributed by atoms with Crippen molar-refractivity contribution in [3.63, 3.8) is 0 Å². The molecule has 0 saturated carbocycles. The fourth-order valence-corrected chi connectivity index (χ4v) is 3.36. The number of methoxy groups -OCH3 is 1. The zero-order chi connectivity index (χ0) is 17.3. The molecule has 0 amide bonds. The van der Waals surface area contributed by atoms with Gasteiger partial charge in [-0.15, -0.1) is 0 Å². The number of rotatable bonds is 4. The van der Waals surface area contributed by atoms with E-state index in [2.05, 4.69) is 9.88 Å². The molecule has 0 aliphatic carbocycles.